The third kappa shape index (κ3) is 3.79. The first-order valence-corrected chi connectivity index (χ1v) is 13.0. The van der Waals surface area contributed by atoms with Gasteiger partial charge in [-0.2, -0.15) is 0 Å². The van der Waals surface area contributed by atoms with Crippen molar-refractivity contribution in [2.45, 2.75) is 38.0 Å². The molecule has 5 rings (SSSR count). The average Bonchev–Trinajstić information content (AvgIpc) is 2.86. The number of hydrogen-bond donors (Lipinski definition) is 3. The highest BCUT2D eigenvalue weighted by Crippen LogP contribution is 2.51. The van der Waals surface area contributed by atoms with E-state index in [0.717, 1.165) is 5.56 Å². The Balaban J connectivity index is 1.61. The zero-order chi connectivity index (χ0) is 29.4. The maximum Gasteiger partial charge on any atom is 0.235 e. The van der Waals surface area contributed by atoms with Crippen molar-refractivity contribution < 1.29 is 39.0 Å². The van der Waals surface area contributed by atoms with Gasteiger partial charge in [-0.3, -0.25) is 33.7 Å². The number of carbonyl (C=O) groups excluding carboxylic acids is 6. The first kappa shape index (κ1) is 27.6. The third-order valence-electron chi connectivity index (χ3n) is 8.89. The molecule has 3 aliphatic rings. The topological polar surface area (TPSA) is 175 Å². The van der Waals surface area contributed by atoms with Gasteiger partial charge in [0, 0.05) is 31.8 Å². The van der Waals surface area contributed by atoms with E-state index in [1.54, 1.807) is 39.3 Å². The molecule has 0 heterocycles. The van der Waals surface area contributed by atoms with Crippen LogP contribution in [0.3, 0.4) is 0 Å². The molecule has 0 bridgehead atoms. The summed E-state index contributed by atoms with van der Waals surface area (Å²) in [4.78, 5) is 81.0. The van der Waals surface area contributed by atoms with Crippen molar-refractivity contribution in [3.8, 4) is 5.75 Å². The summed E-state index contributed by atoms with van der Waals surface area (Å²) >= 11 is 0. The fourth-order valence-corrected chi connectivity index (χ4v) is 6.90. The molecule has 0 saturated heterocycles. The Kier molecular flexibility index (Phi) is 6.42. The van der Waals surface area contributed by atoms with Crippen LogP contribution in [0.2, 0.25) is 0 Å². The molecule has 11 nitrogen and oxygen atoms in total. The summed E-state index contributed by atoms with van der Waals surface area (Å²) in [5.74, 6) is -10.9. The molecule has 4 N–H and O–H groups in total. The fourth-order valence-electron chi connectivity index (χ4n) is 6.90. The molecule has 0 radical (unpaired) electrons. The zero-order valence-electron chi connectivity index (χ0n) is 22.6. The molecule has 2 aromatic rings. The fraction of sp³-hybridized carbons (Fsp3) is 0.448. The Hall–Kier alpha value is -3.96. The normalized spacial score (nSPS) is 29.7. The second-order valence-corrected chi connectivity index (χ2v) is 11.5. The summed E-state index contributed by atoms with van der Waals surface area (Å²) in [5.41, 5.74) is 3.77. The highest BCUT2D eigenvalue weighted by Gasteiger charge is 2.69. The predicted octanol–water partition coefficient (Wildman–Crippen LogP) is -0.00150. The van der Waals surface area contributed by atoms with Gasteiger partial charge in [0.25, 0.3) is 0 Å². The molecule has 210 valence electrons. The van der Waals surface area contributed by atoms with E-state index in [1.807, 2.05) is 6.07 Å². The van der Waals surface area contributed by atoms with E-state index in [9.17, 15) is 39.0 Å². The highest BCUT2D eigenvalue weighted by atomic mass is 16.3. The molecule has 2 aromatic carbocycles. The Bertz CT molecular complexity index is 1530. The van der Waals surface area contributed by atoms with Crippen LogP contribution in [0.25, 0.3) is 10.8 Å². The van der Waals surface area contributed by atoms with Gasteiger partial charge < -0.3 is 20.8 Å². The van der Waals surface area contributed by atoms with Crippen LogP contribution in [0, 0.1) is 23.7 Å². The number of nitrogens with zero attached hydrogens (tertiary/aromatic N) is 2. The number of primary amides is 1. The molecular formula is C29H31N3O8. The standard InChI is InChI=1S/C29H31N3O8/c1-12(33)32(4)11-13-5-6-14-8-15-9-16-10-18-22(31(2)3)25(36)21(28(30)39)27(38)29(18,40)26(37)20(16)24(35)19(15)23(34)17(14)7-13/h5-8,16,18,20-22,34,40H,9-11H2,1-4H3,(H2,30,39)/t16-,18-,20?,21?,22-,29-/m0/s1. The van der Waals surface area contributed by atoms with Crippen LogP contribution in [0.5, 0.6) is 5.75 Å². The van der Waals surface area contributed by atoms with Crippen LogP contribution in [0.15, 0.2) is 24.3 Å². The van der Waals surface area contributed by atoms with Gasteiger partial charge in [-0.05, 0) is 55.4 Å². The molecule has 6 atom stereocenters. The number of aliphatic hydroxyl groups is 1. The van der Waals surface area contributed by atoms with E-state index in [0.29, 0.717) is 16.3 Å². The average molecular weight is 550 g/mol. The van der Waals surface area contributed by atoms with Crippen molar-refractivity contribution >= 4 is 45.7 Å². The minimum Gasteiger partial charge on any atom is -0.507 e. The maximum absolute atomic E-state index is 13.9. The first-order valence-electron chi connectivity index (χ1n) is 13.0. The Morgan fingerprint density at radius 1 is 1.07 bits per heavy atom. The van der Waals surface area contributed by atoms with Gasteiger partial charge in [0.05, 0.1) is 17.5 Å². The molecule has 2 unspecified atom stereocenters. The second-order valence-electron chi connectivity index (χ2n) is 11.5. The van der Waals surface area contributed by atoms with Crippen LogP contribution in [0.4, 0.5) is 0 Å². The molecule has 0 aliphatic heterocycles. The Morgan fingerprint density at radius 2 is 1.75 bits per heavy atom. The van der Waals surface area contributed by atoms with Crippen molar-refractivity contribution in [2.24, 2.45) is 29.4 Å². The Morgan fingerprint density at radius 3 is 2.35 bits per heavy atom. The zero-order valence-corrected chi connectivity index (χ0v) is 22.6. The van der Waals surface area contributed by atoms with Gasteiger partial charge >= 0.3 is 0 Å². The van der Waals surface area contributed by atoms with E-state index in [1.165, 1.54) is 16.7 Å². The van der Waals surface area contributed by atoms with Gasteiger partial charge in [0.1, 0.15) is 5.75 Å². The number of Topliss-reactive ketones (excluding diaryl/α,β-unsaturated/α-hetero) is 4. The van der Waals surface area contributed by atoms with E-state index < -0.39 is 64.4 Å². The monoisotopic (exact) mass is 549 g/mol. The number of hydrogen-bond acceptors (Lipinski definition) is 9. The van der Waals surface area contributed by atoms with Crippen LogP contribution in [0.1, 0.15) is 34.8 Å². The van der Waals surface area contributed by atoms with Crippen molar-refractivity contribution in [1.29, 1.82) is 0 Å². The highest BCUT2D eigenvalue weighted by molar-refractivity contribution is 6.32. The minimum absolute atomic E-state index is 0.000979. The molecule has 0 aromatic heterocycles. The molecule has 2 fully saturated rings. The molecular weight excluding hydrogens is 518 g/mol. The molecule has 11 heteroatoms. The minimum atomic E-state index is -2.76. The van der Waals surface area contributed by atoms with Crippen LogP contribution >= 0.6 is 0 Å². The predicted molar refractivity (Wildman–Crippen MR) is 141 cm³/mol. The summed E-state index contributed by atoms with van der Waals surface area (Å²) < 4.78 is 0. The lowest BCUT2D eigenvalue weighted by Crippen LogP contribution is -2.74. The number of fused-ring (bicyclic) bond motifs is 4. The van der Waals surface area contributed by atoms with Crippen molar-refractivity contribution in [2.75, 3.05) is 21.1 Å². The van der Waals surface area contributed by atoms with Crippen LogP contribution < -0.4 is 5.73 Å². The summed E-state index contributed by atoms with van der Waals surface area (Å²) in [6, 6.07) is 5.90. The van der Waals surface area contributed by atoms with E-state index in [2.05, 4.69) is 0 Å². The SMILES string of the molecule is CC(=O)N(C)Cc1ccc2cc3c(c(O)c2c1)C(=O)C1C(=O)[C@]2(O)C(=O)C(C(N)=O)C(=O)[C@@H](N(C)C)[C@@H]2C[C@@H]1C3. The van der Waals surface area contributed by atoms with E-state index in [4.69, 9.17) is 5.73 Å². The molecule has 2 saturated carbocycles. The summed E-state index contributed by atoms with van der Waals surface area (Å²) in [7, 11) is 4.72. The van der Waals surface area contributed by atoms with Gasteiger partial charge in [0.15, 0.2) is 34.7 Å². The molecule has 0 spiro atoms. The second kappa shape index (κ2) is 9.31. The molecule has 3 aliphatic carbocycles. The van der Waals surface area contributed by atoms with E-state index in [-0.39, 0.29) is 36.6 Å². The van der Waals surface area contributed by atoms with Crippen molar-refractivity contribution in [1.82, 2.24) is 9.80 Å². The van der Waals surface area contributed by atoms with Gasteiger partial charge in [-0.15, -0.1) is 0 Å². The number of likely N-dealkylation sites (N-methyl/N-ethyl adjacent to an activating group) is 1. The number of phenols is 1. The number of rotatable bonds is 4. The number of phenolic OH excluding ortho intramolecular Hbond substituents is 1. The number of carbonyl (C=O) groups is 6. The van der Waals surface area contributed by atoms with Gasteiger partial charge in [-0.25, -0.2) is 0 Å². The van der Waals surface area contributed by atoms with Crippen LogP contribution in [-0.4, -0.2) is 87.7 Å². The summed E-state index contributed by atoms with van der Waals surface area (Å²) in [6.07, 6.45) is 0.198. The summed E-state index contributed by atoms with van der Waals surface area (Å²) in [6.45, 7) is 1.71. The molecule has 40 heavy (non-hydrogen) atoms. The van der Waals surface area contributed by atoms with Crippen LogP contribution in [-0.2, 0) is 36.9 Å². The third-order valence-corrected chi connectivity index (χ3v) is 8.89. The van der Waals surface area contributed by atoms with Gasteiger partial charge in [-0.1, -0.05) is 18.2 Å². The maximum atomic E-state index is 13.9. The largest absolute Gasteiger partial charge is 0.507 e. The van der Waals surface area contributed by atoms with Crippen molar-refractivity contribution in [3.63, 3.8) is 0 Å². The number of aromatic hydroxyl groups is 1. The lowest BCUT2D eigenvalue weighted by atomic mass is 9.52. The van der Waals surface area contributed by atoms with Gasteiger partial charge in [0.2, 0.25) is 11.8 Å². The lowest BCUT2D eigenvalue weighted by Gasteiger charge is -2.52. The summed E-state index contributed by atoms with van der Waals surface area (Å²) in [5, 5.41) is 24.0. The lowest BCUT2D eigenvalue weighted by molar-refractivity contribution is -0.181. The number of ketones is 4. The smallest absolute Gasteiger partial charge is 0.235 e. The Labute approximate surface area is 229 Å². The quantitative estimate of drug-likeness (QED) is 0.443. The van der Waals surface area contributed by atoms with E-state index >= 15 is 0 Å². The number of nitrogens with two attached hydrogens (primary N) is 1. The number of amides is 2. The molecule has 2 amide bonds. The van der Waals surface area contributed by atoms with Crippen molar-refractivity contribution in [3.05, 3.63) is 41.0 Å². The number of benzene rings is 2. The first-order chi connectivity index (χ1) is 18.7.